The maximum absolute atomic E-state index is 7.08. The monoisotopic (exact) mass is 430 g/mol. The predicted octanol–water partition coefficient (Wildman–Crippen LogP) is 6.75. The molecule has 0 aliphatic carbocycles. The van der Waals surface area contributed by atoms with Gasteiger partial charge in [-0.2, -0.15) is 0 Å². The summed E-state index contributed by atoms with van der Waals surface area (Å²) in [4.78, 5) is 7.17. The van der Waals surface area contributed by atoms with Crippen molar-refractivity contribution in [3.8, 4) is 0 Å². The molecule has 1 saturated heterocycles. The van der Waals surface area contributed by atoms with E-state index in [1.165, 1.54) is 60.2 Å². The van der Waals surface area contributed by atoms with Crippen molar-refractivity contribution in [2.24, 2.45) is 0 Å². The summed E-state index contributed by atoms with van der Waals surface area (Å²) in [6.45, 7) is 11.8. The molecule has 0 atom stereocenters. The summed E-state index contributed by atoms with van der Waals surface area (Å²) in [5.74, 6) is 0. The second-order valence-electron chi connectivity index (χ2n) is 8.39. The number of nitrogens with zero attached hydrogens (tertiary/aromatic N) is 3. The van der Waals surface area contributed by atoms with E-state index >= 15 is 0 Å². The van der Waals surface area contributed by atoms with Crippen molar-refractivity contribution in [2.45, 2.75) is 46.0 Å². The fraction of sp³-hybridized carbons (Fsp3) is 0.393. The van der Waals surface area contributed by atoms with Crippen LogP contribution in [0.3, 0.4) is 0 Å². The largest absolute Gasteiger partial charge is 0.371 e. The highest BCUT2D eigenvalue weighted by molar-refractivity contribution is 5.85. The van der Waals surface area contributed by atoms with E-state index in [1.54, 1.807) is 6.08 Å². The van der Waals surface area contributed by atoms with Crippen LogP contribution < -0.4 is 9.80 Å². The summed E-state index contributed by atoms with van der Waals surface area (Å²) in [6, 6.07) is 6.84. The zero-order valence-corrected chi connectivity index (χ0v) is 20.0. The molecular weight excluding hydrogens is 392 g/mol. The van der Waals surface area contributed by atoms with Crippen LogP contribution in [0, 0.1) is 5.41 Å². The third-order valence-electron chi connectivity index (χ3n) is 6.39. The zero-order valence-electron chi connectivity index (χ0n) is 20.0. The molecule has 2 aliphatic rings. The van der Waals surface area contributed by atoms with Gasteiger partial charge in [-0.15, -0.1) is 0 Å². The van der Waals surface area contributed by atoms with E-state index in [0.29, 0.717) is 0 Å². The van der Waals surface area contributed by atoms with Crippen LogP contribution in [-0.4, -0.2) is 37.8 Å². The van der Waals surface area contributed by atoms with Gasteiger partial charge in [0.25, 0.3) is 0 Å². The molecule has 0 radical (unpaired) electrons. The number of nitrogens with one attached hydrogen (secondary N) is 1. The zero-order chi connectivity index (χ0) is 22.9. The molecular formula is C28H38N4. The Morgan fingerprint density at radius 2 is 1.88 bits per heavy atom. The predicted molar refractivity (Wildman–Crippen MR) is 140 cm³/mol. The first-order chi connectivity index (χ1) is 15.6. The quantitative estimate of drug-likeness (QED) is 0.366. The van der Waals surface area contributed by atoms with Crippen LogP contribution in [0.15, 0.2) is 72.6 Å². The van der Waals surface area contributed by atoms with E-state index in [9.17, 15) is 0 Å². The van der Waals surface area contributed by atoms with Gasteiger partial charge in [0.15, 0.2) is 0 Å². The molecule has 2 heterocycles. The lowest BCUT2D eigenvalue weighted by molar-refractivity contribution is 0.412. The number of allylic oxidation sites excluding steroid dienone is 6. The minimum atomic E-state index is 0.846. The molecule has 1 N–H and O–H groups in total. The van der Waals surface area contributed by atoms with Crippen molar-refractivity contribution >= 4 is 23.3 Å². The van der Waals surface area contributed by atoms with Gasteiger partial charge in [-0.3, -0.25) is 0 Å². The van der Waals surface area contributed by atoms with Crippen molar-refractivity contribution in [3.05, 3.63) is 78.2 Å². The van der Waals surface area contributed by atoms with E-state index in [2.05, 4.69) is 78.6 Å². The normalized spacial score (nSPS) is 17.5. The minimum absolute atomic E-state index is 0.846. The first-order valence-corrected chi connectivity index (χ1v) is 11.9. The second kappa shape index (κ2) is 11.6. The second-order valence-corrected chi connectivity index (χ2v) is 8.39. The van der Waals surface area contributed by atoms with Gasteiger partial charge in [0.05, 0.1) is 5.69 Å². The smallest absolute Gasteiger partial charge is 0.0506 e. The fourth-order valence-corrected chi connectivity index (χ4v) is 4.59. The topological polar surface area (TPSA) is 33.6 Å². The Morgan fingerprint density at radius 3 is 2.53 bits per heavy atom. The third kappa shape index (κ3) is 5.42. The molecule has 2 aliphatic heterocycles. The van der Waals surface area contributed by atoms with Crippen LogP contribution in [-0.2, 0) is 0 Å². The van der Waals surface area contributed by atoms with E-state index in [-0.39, 0.29) is 0 Å². The molecule has 0 spiro atoms. The Morgan fingerprint density at radius 1 is 1.12 bits per heavy atom. The Labute approximate surface area is 194 Å². The molecule has 170 valence electrons. The van der Waals surface area contributed by atoms with Crippen LogP contribution in [0.4, 0.5) is 11.4 Å². The Hall–Kier alpha value is -3.01. The molecule has 1 aromatic carbocycles. The van der Waals surface area contributed by atoms with Crippen LogP contribution in [0.25, 0.3) is 5.70 Å². The summed E-state index contributed by atoms with van der Waals surface area (Å²) < 4.78 is 0. The minimum Gasteiger partial charge on any atom is -0.371 e. The van der Waals surface area contributed by atoms with Crippen molar-refractivity contribution in [1.29, 1.82) is 5.41 Å². The standard InChI is InChI=1S/C28H38N4/c1-5-24(15-11-7-8-12-18-29)30(4)25-16-17-27-26(22-25)28(21-23(3)32(27)6-2)31-19-13-9-10-14-20-31/h5,7-8,11-12,16-18,21-22,29H,3,6,9-10,13-15,19-20H2,1-2,4H3/b11-7-,12-8-,24-5+,29-18?. The molecule has 1 aromatic rings. The van der Waals surface area contributed by atoms with Gasteiger partial charge < -0.3 is 20.1 Å². The Bertz CT molecular complexity index is 927. The molecule has 3 rings (SSSR count). The lowest BCUT2D eigenvalue weighted by Gasteiger charge is -2.37. The summed E-state index contributed by atoms with van der Waals surface area (Å²) in [7, 11) is 2.15. The number of anilines is 2. The average Bonchev–Trinajstić information content (AvgIpc) is 3.10. The highest BCUT2D eigenvalue weighted by atomic mass is 15.2. The van der Waals surface area contributed by atoms with Crippen molar-refractivity contribution in [2.75, 3.05) is 36.5 Å². The lowest BCUT2D eigenvalue weighted by Crippen LogP contribution is -2.30. The molecule has 0 amide bonds. The highest BCUT2D eigenvalue weighted by Gasteiger charge is 2.25. The van der Waals surface area contributed by atoms with Gasteiger partial charge in [-0.25, -0.2) is 0 Å². The average molecular weight is 431 g/mol. The molecule has 32 heavy (non-hydrogen) atoms. The molecule has 0 saturated carbocycles. The van der Waals surface area contributed by atoms with Crippen molar-refractivity contribution in [1.82, 2.24) is 4.90 Å². The van der Waals surface area contributed by atoms with Crippen molar-refractivity contribution in [3.63, 3.8) is 0 Å². The summed E-state index contributed by atoms with van der Waals surface area (Å²) >= 11 is 0. The Balaban J connectivity index is 1.92. The van der Waals surface area contributed by atoms with E-state index in [0.717, 1.165) is 31.8 Å². The molecule has 4 nitrogen and oxygen atoms in total. The molecule has 0 unspecified atom stereocenters. The molecule has 1 fully saturated rings. The number of benzene rings is 1. The molecule has 0 bridgehead atoms. The highest BCUT2D eigenvalue weighted by Crippen LogP contribution is 2.40. The number of likely N-dealkylation sites (tertiary alicyclic amines) is 1. The number of rotatable bonds is 8. The van der Waals surface area contributed by atoms with E-state index in [1.807, 2.05) is 12.2 Å². The SMILES string of the molecule is C=C1C=C(N2CCCCCC2)c2cc(N(C)/C(=C/C)C/C=C\C=C/C=N)ccc2N1CC. The lowest BCUT2D eigenvalue weighted by atomic mass is 9.99. The van der Waals surface area contributed by atoms with Crippen LogP contribution >= 0.6 is 0 Å². The summed E-state index contributed by atoms with van der Waals surface area (Å²) in [6.07, 6.45) is 19.5. The Kier molecular flexibility index (Phi) is 8.55. The van der Waals surface area contributed by atoms with Crippen LogP contribution in [0.2, 0.25) is 0 Å². The van der Waals surface area contributed by atoms with Gasteiger partial charge in [0.2, 0.25) is 0 Å². The van der Waals surface area contributed by atoms with Gasteiger partial charge in [-0.1, -0.05) is 43.7 Å². The number of likely N-dealkylation sites (N-methyl/N-ethyl adjacent to an activating group) is 1. The fourth-order valence-electron chi connectivity index (χ4n) is 4.59. The van der Waals surface area contributed by atoms with E-state index < -0.39 is 0 Å². The van der Waals surface area contributed by atoms with Gasteiger partial charge in [0.1, 0.15) is 0 Å². The van der Waals surface area contributed by atoms with Gasteiger partial charge >= 0.3 is 0 Å². The first kappa shape index (κ1) is 23.6. The number of fused-ring (bicyclic) bond motifs is 1. The van der Waals surface area contributed by atoms with Gasteiger partial charge in [0, 0.05) is 67.7 Å². The van der Waals surface area contributed by atoms with E-state index in [4.69, 9.17) is 5.41 Å². The summed E-state index contributed by atoms with van der Waals surface area (Å²) in [5.41, 5.74) is 7.42. The number of hydrogen-bond donors (Lipinski definition) is 1. The number of hydrogen-bond acceptors (Lipinski definition) is 4. The maximum atomic E-state index is 7.08. The van der Waals surface area contributed by atoms with Gasteiger partial charge in [-0.05, 0) is 57.0 Å². The summed E-state index contributed by atoms with van der Waals surface area (Å²) in [5, 5.41) is 7.08. The van der Waals surface area contributed by atoms with Crippen LogP contribution in [0.5, 0.6) is 0 Å². The first-order valence-electron chi connectivity index (χ1n) is 11.9. The third-order valence-corrected chi connectivity index (χ3v) is 6.39. The molecule has 4 heteroatoms. The van der Waals surface area contributed by atoms with Crippen LogP contribution in [0.1, 0.15) is 51.5 Å². The molecule has 0 aromatic heterocycles. The maximum Gasteiger partial charge on any atom is 0.0506 e. The van der Waals surface area contributed by atoms with Crippen molar-refractivity contribution < 1.29 is 0 Å².